The number of aliphatic hydroxyl groups excluding tert-OH is 4. The number of hydrogen-bond acceptors (Lipinski definition) is 9. The fraction of sp³-hybridized carbons (Fsp3) is 0.333. The first-order chi connectivity index (χ1) is 21.6. The van der Waals surface area contributed by atoms with Crippen LogP contribution in [0.15, 0.2) is 72.8 Å². The quantitative estimate of drug-likeness (QED) is 0.152. The summed E-state index contributed by atoms with van der Waals surface area (Å²) in [7, 11) is 0. The third-order valence-electron chi connectivity index (χ3n) is 7.99. The van der Waals surface area contributed by atoms with Gasteiger partial charge in [-0.05, 0) is 72.5 Å². The maximum Gasteiger partial charge on any atom is 0.335 e. The molecule has 0 spiro atoms. The summed E-state index contributed by atoms with van der Waals surface area (Å²) in [5.41, 5.74) is 8.12. The molecule has 2 fully saturated rings. The number of amides is 1. The third-order valence-corrected chi connectivity index (χ3v) is 7.99. The van der Waals surface area contributed by atoms with Crippen LogP contribution in [0.2, 0.25) is 0 Å². The van der Waals surface area contributed by atoms with Crippen molar-refractivity contribution in [1.82, 2.24) is 0 Å². The smallest absolute Gasteiger partial charge is 0.335 e. The Hall–Kier alpha value is -4.35. The molecule has 3 aromatic carbocycles. The molecule has 3 aromatic rings. The summed E-state index contributed by atoms with van der Waals surface area (Å²) in [6.45, 7) is 0.216. The lowest BCUT2D eigenvalue weighted by atomic mass is 9.78. The summed E-state index contributed by atoms with van der Waals surface area (Å²) in [4.78, 5) is 26.6. The number of carbonyl (C=O) groups is 2. The molecule has 2 heterocycles. The van der Waals surface area contributed by atoms with Gasteiger partial charge < -0.3 is 45.6 Å². The average Bonchev–Trinajstić information content (AvgIpc) is 3.04. The Bertz CT molecular complexity index is 1560. The molecular formula is C33H33FN2O9. The van der Waals surface area contributed by atoms with Gasteiger partial charge in [-0.3, -0.25) is 4.79 Å². The number of aliphatic carboxylic acids is 1. The number of carbonyl (C=O) groups excluding carboxylic acids is 1. The molecule has 0 aromatic heterocycles. The standard InChI is InChI=1S/C33H33FN2O9/c34-21-9-5-19(6-10-21)25(37)16-15-24-26(36(31(24)41)22-11-3-18(4-12-22)2-1-17-35)20-7-13-23(14-8-20)44-33-29(40)27(38)28(39)30(45-33)32(42)43/h3-14,24-30,33,37-40H,15-17,35H2,(H,42,43)/t24-,25+,26?,27+,28+,29-,30+,33-/m1/s1. The first-order valence-corrected chi connectivity index (χ1v) is 14.3. The number of anilines is 1. The monoisotopic (exact) mass is 620 g/mol. The van der Waals surface area contributed by atoms with Gasteiger partial charge in [-0.25, -0.2) is 9.18 Å². The first kappa shape index (κ1) is 32.1. The van der Waals surface area contributed by atoms with Crippen LogP contribution in [0.5, 0.6) is 5.75 Å². The molecule has 236 valence electrons. The van der Waals surface area contributed by atoms with Crippen molar-refractivity contribution < 1.29 is 49.0 Å². The van der Waals surface area contributed by atoms with Crippen LogP contribution in [0.3, 0.4) is 0 Å². The maximum atomic E-state index is 13.5. The SMILES string of the molecule is NCC#Cc1ccc(N2C(=O)[C@H](CC[C@H](O)c3ccc(F)cc3)C2c2ccc(O[C@@H]3O[C@H](C(=O)O)[C@@H](O)[C@H](O)[C@H]3O)cc2)cc1. The molecule has 7 N–H and O–H groups in total. The molecular weight excluding hydrogens is 587 g/mol. The normalized spacial score (nSPS) is 26.8. The minimum absolute atomic E-state index is 0.140. The molecule has 1 amide bonds. The van der Waals surface area contributed by atoms with Crippen molar-refractivity contribution in [3.63, 3.8) is 0 Å². The minimum atomic E-state index is -1.85. The molecule has 0 aliphatic carbocycles. The number of ether oxygens (including phenoxy) is 2. The fourth-order valence-electron chi connectivity index (χ4n) is 5.57. The molecule has 11 nitrogen and oxygen atoms in total. The van der Waals surface area contributed by atoms with Gasteiger partial charge >= 0.3 is 5.97 Å². The van der Waals surface area contributed by atoms with E-state index in [-0.39, 0.29) is 24.6 Å². The second-order valence-corrected chi connectivity index (χ2v) is 10.9. The predicted molar refractivity (Wildman–Crippen MR) is 158 cm³/mol. The van der Waals surface area contributed by atoms with Gasteiger partial charge in [-0.15, -0.1) is 0 Å². The van der Waals surface area contributed by atoms with Gasteiger partial charge in [0.05, 0.1) is 24.6 Å². The van der Waals surface area contributed by atoms with Crippen LogP contribution in [0, 0.1) is 23.6 Å². The number of carboxylic acid groups (broad SMARTS) is 1. The van der Waals surface area contributed by atoms with Crippen molar-refractivity contribution in [3.8, 4) is 17.6 Å². The van der Waals surface area contributed by atoms with Crippen molar-refractivity contribution in [2.75, 3.05) is 11.4 Å². The van der Waals surface area contributed by atoms with Crippen molar-refractivity contribution in [2.24, 2.45) is 11.7 Å². The molecule has 12 heteroatoms. The first-order valence-electron chi connectivity index (χ1n) is 14.3. The number of β-lactam (4-membered cyclic amide) rings is 1. The Morgan fingerprint density at radius 2 is 1.64 bits per heavy atom. The van der Waals surface area contributed by atoms with E-state index < -0.39 is 60.6 Å². The lowest BCUT2D eigenvalue weighted by molar-refractivity contribution is -0.271. The highest BCUT2D eigenvalue weighted by atomic mass is 19.1. The Balaban J connectivity index is 1.36. The lowest BCUT2D eigenvalue weighted by Gasteiger charge is -2.48. The Morgan fingerprint density at radius 3 is 2.27 bits per heavy atom. The summed E-state index contributed by atoms with van der Waals surface area (Å²) in [5, 5.41) is 50.3. The number of aliphatic hydroxyl groups is 4. The second-order valence-electron chi connectivity index (χ2n) is 10.9. The number of nitrogens with zero attached hydrogens (tertiary/aromatic N) is 1. The maximum absolute atomic E-state index is 13.5. The Labute approximate surface area is 258 Å². The second kappa shape index (κ2) is 13.7. The number of carboxylic acids is 1. The number of halogens is 1. The molecule has 45 heavy (non-hydrogen) atoms. The van der Waals surface area contributed by atoms with Crippen LogP contribution in [-0.4, -0.2) is 74.7 Å². The van der Waals surface area contributed by atoms with Gasteiger partial charge in [0, 0.05) is 11.3 Å². The van der Waals surface area contributed by atoms with Crippen molar-refractivity contribution in [2.45, 2.75) is 55.7 Å². The molecule has 2 aliphatic rings. The van der Waals surface area contributed by atoms with Gasteiger partial charge in [0.1, 0.15) is 29.9 Å². The Morgan fingerprint density at radius 1 is 0.978 bits per heavy atom. The average molecular weight is 621 g/mol. The molecule has 0 bridgehead atoms. The van der Waals surface area contributed by atoms with Crippen LogP contribution in [0.4, 0.5) is 10.1 Å². The summed E-state index contributed by atoms with van der Waals surface area (Å²) in [6.07, 6.45) is -9.04. The third kappa shape index (κ3) is 6.84. The number of benzene rings is 3. The summed E-state index contributed by atoms with van der Waals surface area (Å²) in [5.74, 6) is 3.34. The summed E-state index contributed by atoms with van der Waals surface area (Å²) >= 11 is 0. The molecule has 0 radical (unpaired) electrons. The van der Waals surface area contributed by atoms with E-state index in [1.54, 1.807) is 53.4 Å². The number of rotatable bonds is 9. The zero-order valence-corrected chi connectivity index (χ0v) is 23.9. The summed E-state index contributed by atoms with van der Waals surface area (Å²) < 4.78 is 24.2. The van der Waals surface area contributed by atoms with Gasteiger partial charge in [0.25, 0.3) is 0 Å². The molecule has 0 saturated carbocycles. The lowest BCUT2D eigenvalue weighted by Crippen LogP contribution is -2.61. The van der Waals surface area contributed by atoms with E-state index in [0.29, 0.717) is 17.7 Å². The van der Waals surface area contributed by atoms with Crippen LogP contribution in [-0.2, 0) is 14.3 Å². The molecule has 2 saturated heterocycles. The van der Waals surface area contributed by atoms with E-state index in [4.69, 9.17) is 15.2 Å². The fourth-order valence-corrected chi connectivity index (χ4v) is 5.57. The Kier molecular flexibility index (Phi) is 9.79. The van der Waals surface area contributed by atoms with Gasteiger partial charge in [0.15, 0.2) is 6.10 Å². The summed E-state index contributed by atoms with van der Waals surface area (Å²) in [6, 6.07) is 18.8. The van der Waals surface area contributed by atoms with Crippen LogP contribution in [0.25, 0.3) is 0 Å². The van der Waals surface area contributed by atoms with Gasteiger partial charge in [-0.1, -0.05) is 36.1 Å². The van der Waals surface area contributed by atoms with E-state index in [9.17, 15) is 39.5 Å². The van der Waals surface area contributed by atoms with E-state index >= 15 is 0 Å². The molecule has 8 atom stereocenters. The highest BCUT2D eigenvalue weighted by Crippen LogP contribution is 2.46. The highest BCUT2D eigenvalue weighted by Gasteiger charge is 2.49. The zero-order valence-electron chi connectivity index (χ0n) is 23.9. The van der Waals surface area contributed by atoms with Crippen molar-refractivity contribution in [3.05, 3.63) is 95.3 Å². The zero-order chi connectivity index (χ0) is 32.2. The molecule has 2 aliphatic heterocycles. The van der Waals surface area contributed by atoms with E-state index in [0.717, 1.165) is 11.1 Å². The minimum Gasteiger partial charge on any atom is -0.479 e. The largest absolute Gasteiger partial charge is 0.479 e. The number of hydrogen-bond donors (Lipinski definition) is 6. The van der Waals surface area contributed by atoms with E-state index in [2.05, 4.69) is 11.8 Å². The van der Waals surface area contributed by atoms with Gasteiger partial charge in [-0.2, -0.15) is 0 Å². The van der Waals surface area contributed by atoms with Crippen LogP contribution < -0.4 is 15.4 Å². The topological polar surface area (TPSA) is 183 Å². The van der Waals surface area contributed by atoms with Crippen molar-refractivity contribution >= 4 is 17.6 Å². The van der Waals surface area contributed by atoms with Crippen molar-refractivity contribution in [1.29, 1.82) is 0 Å². The van der Waals surface area contributed by atoms with Gasteiger partial charge in [0.2, 0.25) is 12.2 Å². The van der Waals surface area contributed by atoms with E-state index in [1.165, 1.54) is 24.3 Å². The highest BCUT2D eigenvalue weighted by molar-refractivity contribution is 6.03. The number of nitrogens with two attached hydrogens (primary N) is 1. The van der Waals surface area contributed by atoms with Crippen LogP contribution >= 0.6 is 0 Å². The van der Waals surface area contributed by atoms with E-state index in [1.807, 2.05) is 0 Å². The van der Waals surface area contributed by atoms with Crippen LogP contribution in [0.1, 0.15) is 41.7 Å². The molecule has 1 unspecified atom stereocenters. The molecule has 5 rings (SSSR count). The predicted octanol–water partition coefficient (Wildman–Crippen LogP) is 1.62.